The van der Waals surface area contributed by atoms with E-state index in [0.717, 1.165) is 0 Å². The van der Waals surface area contributed by atoms with Crippen molar-refractivity contribution in [2.24, 2.45) is 0 Å². The smallest absolute Gasteiger partial charge is 0.248 e. The number of carbonyl (C=O) groups excluding carboxylic acids is 1. The van der Waals surface area contributed by atoms with Gasteiger partial charge in [-0.15, -0.1) is 10.2 Å². The van der Waals surface area contributed by atoms with Crippen molar-refractivity contribution in [1.29, 1.82) is 0 Å². The molecule has 0 amide bonds. The second kappa shape index (κ2) is 4.18. The molecular weight excluding hydrogens is 240 g/mol. The minimum absolute atomic E-state index is 0.169. The zero-order valence-corrected chi connectivity index (χ0v) is 8.66. The van der Waals surface area contributed by atoms with Crippen molar-refractivity contribution < 1.29 is 14.3 Å². The Balaban J connectivity index is 3.31. The summed E-state index contributed by atoms with van der Waals surface area (Å²) in [5.74, 6) is 0.422. The summed E-state index contributed by atoms with van der Waals surface area (Å²) in [4.78, 5) is 10.6. The monoisotopic (exact) mass is 246 g/mol. The van der Waals surface area contributed by atoms with Gasteiger partial charge in [-0.1, -0.05) is 0 Å². The van der Waals surface area contributed by atoms with Crippen LogP contribution in [0.1, 0.15) is 10.4 Å². The van der Waals surface area contributed by atoms with Gasteiger partial charge in [0.15, 0.2) is 6.29 Å². The molecule has 0 bridgehead atoms. The molecule has 5 nitrogen and oxygen atoms in total. The Morgan fingerprint density at radius 1 is 1.23 bits per heavy atom. The summed E-state index contributed by atoms with van der Waals surface area (Å²) in [6.45, 7) is 0. The standard InChI is InChI=1S/C7H7BrN2O3/c1-12-6-4(3-11)5(8)7(13-2)10-9-6/h3H,1-2H3. The van der Waals surface area contributed by atoms with E-state index in [-0.39, 0.29) is 17.3 Å². The third-order valence-corrected chi connectivity index (χ3v) is 2.16. The minimum atomic E-state index is 0.169. The van der Waals surface area contributed by atoms with Crippen molar-refractivity contribution >= 4 is 22.2 Å². The summed E-state index contributed by atoms with van der Waals surface area (Å²) in [6.07, 6.45) is 0.625. The topological polar surface area (TPSA) is 61.3 Å². The van der Waals surface area contributed by atoms with Crippen molar-refractivity contribution in [3.05, 3.63) is 10.0 Å². The first-order chi connectivity index (χ1) is 6.24. The van der Waals surface area contributed by atoms with Crippen LogP contribution in [-0.4, -0.2) is 30.7 Å². The summed E-state index contributed by atoms with van der Waals surface area (Å²) >= 11 is 3.15. The van der Waals surface area contributed by atoms with Crippen molar-refractivity contribution in [1.82, 2.24) is 10.2 Å². The molecule has 0 atom stereocenters. The fourth-order valence-electron chi connectivity index (χ4n) is 0.781. The van der Waals surface area contributed by atoms with Crippen LogP contribution in [0, 0.1) is 0 Å². The molecule has 70 valence electrons. The molecule has 1 aromatic rings. The molecule has 0 spiro atoms. The second-order valence-electron chi connectivity index (χ2n) is 2.06. The lowest BCUT2D eigenvalue weighted by atomic mass is 10.3. The molecule has 1 rings (SSSR count). The number of nitrogens with zero attached hydrogens (tertiary/aromatic N) is 2. The number of rotatable bonds is 3. The van der Waals surface area contributed by atoms with E-state index in [9.17, 15) is 4.79 Å². The number of carbonyl (C=O) groups is 1. The molecule has 0 saturated heterocycles. The SMILES string of the molecule is COc1nnc(OC)c(C=O)c1Br. The van der Waals surface area contributed by atoms with E-state index >= 15 is 0 Å². The van der Waals surface area contributed by atoms with Crippen molar-refractivity contribution in [2.75, 3.05) is 14.2 Å². The lowest BCUT2D eigenvalue weighted by molar-refractivity contribution is 0.111. The summed E-state index contributed by atoms with van der Waals surface area (Å²) in [6, 6.07) is 0. The van der Waals surface area contributed by atoms with Crippen LogP contribution in [0.2, 0.25) is 0 Å². The van der Waals surface area contributed by atoms with Crippen LogP contribution in [0.25, 0.3) is 0 Å². The summed E-state index contributed by atoms with van der Waals surface area (Å²) in [5, 5.41) is 7.31. The van der Waals surface area contributed by atoms with E-state index in [1.807, 2.05) is 0 Å². The molecule has 0 aliphatic heterocycles. The van der Waals surface area contributed by atoms with Gasteiger partial charge in [-0.05, 0) is 15.9 Å². The number of hydrogen-bond acceptors (Lipinski definition) is 5. The van der Waals surface area contributed by atoms with Gasteiger partial charge in [0.1, 0.15) is 0 Å². The maximum Gasteiger partial charge on any atom is 0.248 e. The van der Waals surface area contributed by atoms with Gasteiger partial charge in [-0.2, -0.15) is 0 Å². The number of aldehydes is 1. The highest BCUT2D eigenvalue weighted by molar-refractivity contribution is 9.10. The Morgan fingerprint density at radius 3 is 2.23 bits per heavy atom. The molecule has 0 radical (unpaired) electrons. The summed E-state index contributed by atoms with van der Waals surface area (Å²) in [7, 11) is 2.85. The van der Waals surface area contributed by atoms with Crippen molar-refractivity contribution in [2.45, 2.75) is 0 Å². The van der Waals surface area contributed by atoms with Gasteiger partial charge in [-0.3, -0.25) is 4.79 Å². The van der Waals surface area contributed by atoms with Gasteiger partial charge < -0.3 is 9.47 Å². The molecule has 0 aliphatic rings. The maximum absolute atomic E-state index is 10.6. The van der Waals surface area contributed by atoms with E-state index in [1.54, 1.807) is 0 Å². The normalized spacial score (nSPS) is 9.46. The third-order valence-electron chi connectivity index (χ3n) is 1.39. The van der Waals surface area contributed by atoms with Crippen LogP contribution in [-0.2, 0) is 0 Å². The number of methoxy groups -OCH3 is 2. The Labute approximate surface area is 83.2 Å². The van der Waals surface area contributed by atoms with E-state index in [4.69, 9.17) is 9.47 Å². The Bertz CT molecular complexity index is 330. The molecule has 1 heterocycles. The quantitative estimate of drug-likeness (QED) is 0.747. The van der Waals surface area contributed by atoms with E-state index in [1.165, 1.54) is 14.2 Å². The van der Waals surface area contributed by atoms with Crippen LogP contribution in [0.5, 0.6) is 11.8 Å². The first-order valence-electron chi connectivity index (χ1n) is 3.34. The second-order valence-corrected chi connectivity index (χ2v) is 2.86. The molecule has 0 N–H and O–H groups in total. The maximum atomic E-state index is 10.6. The zero-order valence-electron chi connectivity index (χ0n) is 7.07. The summed E-state index contributed by atoms with van der Waals surface area (Å²) < 4.78 is 10.1. The number of halogens is 1. The van der Waals surface area contributed by atoms with Gasteiger partial charge in [0.2, 0.25) is 11.8 Å². The molecule has 0 aromatic carbocycles. The van der Waals surface area contributed by atoms with Crippen LogP contribution < -0.4 is 9.47 Å². The first-order valence-corrected chi connectivity index (χ1v) is 4.13. The fourth-order valence-corrected chi connectivity index (χ4v) is 1.29. The molecule has 0 saturated carbocycles. The number of ether oxygens (including phenoxy) is 2. The number of hydrogen-bond donors (Lipinski definition) is 0. The van der Waals surface area contributed by atoms with Gasteiger partial charge in [0, 0.05) is 0 Å². The van der Waals surface area contributed by atoms with Gasteiger partial charge in [0.25, 0.3) is 0 Å². The van der Waals surface area contributed by atoms with E-state index in [2.05, 4.69) is 26.1 Å². The highest BCUT2D eigenvalue weighted by atomic mass is 79.9. The molecule has 0 unspecified atom stereocenters. The van der Waals surface area contributed by atoms with Gasteiger partial charge in [0.05, 0.1) is 24.3 Å². The molecule has 13 heavy (non-hydrogen) atoms. The van der Waals surface area contributed by atoms with Crippen molar-refractivity contribution in [3.63, 3.8) is 0 Å². The highest BCUT2D eigenvalue weighted by Crippen LogP contribution is 2.29. The zero-order chi connectivity index (χ0) is 9.84. The number of aromatic nitrogens is 2. The Kier molecular flexibility index (Phi) is 3.18. The first kappa shape index (κ1) is 9.91. The average molecular weight is 247 g/mol. The van der Waals surface area contributed by atoms with Gasteiger partial charge >= 0.3 is 0 Å². The van der Waals surface area contributed by atoms with E-state index < -0.39 is 0 Å². The average Bonchev–Trinajstić information content (AvgIpc) is 2.17. The lowest BCUT2D eigenvalue weighted by Gasteiger charge is -2.05. The largest absolute Gasteiger partial charge is 0.479 e. The molecule has 1 aromatic heterocycles. The van der Waals surface area contributed by atoms with Gasteiger partial charge in [-0.25, -0.2) is 0 Å². The molecule has 6 heteroatoms. The van der Waals surface area contributed by atoms with Crippen molar-refractivity contribution in [3.8, 4) is 11.8 Å². The minimum Gasteiger partial charge on any atom is -0.479 e. The predicted molar refractivity (Wildman–Crippen MR) is 48.2 cm³/mol. The Morgan fingerprint density at radius 2 is 1.77 bits per heavy atom. The van der Waals surface area contributed by atoms with E-state index in [0.29, 0.717) is 10.8 Å². The van der Waals surface area contributed by atoms with Crippen LogP contribution in [0.3, 0.4) is 0 Å². The Hall–Kier alpha value is -1.17. The molecular formula is C7H7BrN2O3. The third kappa shape index (κ3) is 1.77. The fraction of sp³-hybridized carbons (Fsp3) is 0.286. The molecule has 0 aliphatic carbocycles. The van der Waals surface area contributed by atoms with Crippen LogP contribution in [0.15, 0.2) is 4.47 Å². The van der Waals surface area contributed by atoms with Crippen LogP contribution >= 0.6 is 15.9 Å². The summed E-state index contributed by atoms with van der Waals surface area (Å²) in [5.41, 5.74) is 0.286. The highest BCUT2D eigenvalue weighted by Gasteiger charge is 2.14. The lowest BCUT2D eigenvalue weighted by Crippen LogP contribution is -2.00. The molecule has 0 fully saturated rings. The predicted octanol–water partition coefficient (Wildman–Crippen LogP) is 1.07. The van der Waals surface area contributed by atoms with Crippen LogP contribution in [0.4, 0.5) is 0 Å².